The highest BCUT2D eigenvalue weighted by molar-refractivity contribution is 5.70. The van der Waals surface area contributed by atoms with E-state index in [9.17, 15) is 19.5 Å². The lowest BCUT2D eigenvalue weighted by Crippen LogP contribution is -2.44. The summed E-state index contributed by atoms with van der Waals surface area (Å²) in [5, 5.41) is 11.8. The largest absolute Gasteiger partial charge is 0.545 e. The van der Waals surface area contributed by atoms with Crippen molar-refractivity contribution in [3.63, 3.8) is 0 Å². The summed E-state index contributed by atoms with van der Waals surface area (Å²) >= 11 is 0. The maximum atomic E-state index is 12.9. The van der Waals surface area contributed by atoms with Crippen molar-refractivity contribution >= 4 is 17.9 Å². The van der Waals surface area contributed by atoms with Gasteiger partial charge < -0.3 is 33.3 Å². The summed E-state index contributed by atoms with van der Waals surface area (Å²) in [5.41, 5.74) is 0. The zero-order valence-electron chi connectivity index (χ0n) is 55.6. The monoisotopic (exact) mass is 1190 g/mol. The second-order valence-corrected chi connectivity index (χ2v) is 23.7. The number of carboxylic acids is 1. The smallest absolute Gasteiger partial charge is 0.306 e. The number of hydrogen-bond acceptors (Lipinski definition) is 8. The Morgan fingerprint density at radius 3 is 0.988 bits per heavy atom. The molecule has 0 aliphatic rings. The van der Waals surface area contributed by atoms with Gasteiger partial charge in [0.2, 0.25) is 0 Å². The van der Waals surface area contributed by atoms with Gasteiger partial charge in [-0.15, -0.1) is 0 Å². The lowest BCUT2D eigenvalue weighted by Gasteiger charge is -2.26. The Morgan fingerprint density at radius 1 is 0.360 bits per heavy atom. The molecule has 9 nitrogen and oxygen atoms in total. The Labute approximate surface area is 528 Å². The standard InChI is InChI=1S/C77H127NO8/c1-6-8-10-12-14-16-18-20-22-24-26-28-29-30-31-32-33-34-35-36-37-38-39-40-41-42-43-44-45-46-47-48-50-52-54-56-58-60-62-64-66-68-75(80)86-73(72-85-77(76(81)82)83-70-69-78(3,4)5)71-84-74(79)67-65-63-61-59-57-55-53-51-49-27-25-23-21-19-17-15-13-11-9-7-2/h8,10,14,16,20,22,26,28,30-31,33-34,36-37,39-40,42-43,45-46,48,50,54,56,73,77H,6-7,9,11-13,15,17-19,21,23-25,27,29,32,35,38,41,44,47,49,51-53,55,57-72H2,1-5H3/b10-8-,16-14-,22-20-,28-26-,31-30-,34-33-,37-36-,40-39-,43-42-,46-45-,50-48-,56-54-. The molecule has 0 aliphatic carbocycles. The van der Waals surface area contributed by atoms with E-state index in [-0.39, 0.29) is 38.6 Å². The molecule has 0 heterocycles. The van der Waals surface area contributed by atoms with E-state index in [0.29, 0.717) is 17.4 Å². The van der Waals surface area contributed by atoms with Gasteiger partial charge in [0.25, 0.3) is 0 Å². The number of esters is 2. The number of rotatable bonds is 62. The predicted octanol–water partition coefficient (Wildman–Crippen LogP) is 20.2. The minimum Gasteiger partial charge on any atom is -0.545 e. The summed E-state index contributed by atoms with van der Waals surface area (Å²) in [6.45, 7) is 4.61. The molecular formula is C77H127NO8. The Hall–Kier alpha value is -4.83. The molecule has 0 aromatic heterocycles. The third kappa shape index (κ3) is 66.7. The van der Waals surface area contributed by atoms with Crippen LogP contribution in [0, 0.1) is 0 Å². The molecule has 2 unspecified atom stereocenters. The lowest BCUT2D eigenvalue weighted by molar-refractivity contribution is -0.870. The molecule has 0 rings (SSSR count). The van der Waals surface area contributed by atoms with Crippen LogP contribution in [0.2, 0.25) is 0 Å². The minimum absolute atomic E-state index is 0.137. The third-order valence-electron chi connectivity index (χ3n) is 14.4. The Morgan fingerprint density at radius 2 is 0.663 bits per heavy atom. The molecule has 0 radical (unpaired) electrons. The molecule has 0 amide bonds. The highest BCUT2D eigenvalue weighted by Crippen LogP contribution is 2.16. The van der Waals surface area contributed by atoms with Crippen molar-refractivity contribution < 1.29 is 42.9 Å². The van der Waals surface area contributed by atoms with Gasteiger partial charge in [-0.25, -0.2) is 0 Å². The van der Waals surface area contributed by atoms with Gasteiger partial charge in [0.15, 0.2) is 12.4 Å². The van der Waals surface area contributed by atoms with Gasteiger partial charge in [-0.05, 0) is 103 Å². The van der Waals surface area contributed by atoms with Crippen LogP contribution < -0.4 is 5.11 Å². The van der Waals surface area contributed by atoms with Crippen molar-refractivity contribution in [1.29, 1.82) is 0 Å². The number of quaternary nitrogens is 1. The number of carbonyl (C=O) groups excluding carboxylic acids is 3. The molecule has 0 N–H and O–H groups in total. The van der Waals surface area contributed by atoms with Crippen LogP contribution in [0.3, 0.4) is 0 Å². The number of nitrogens with zero attached hydrogens (tertiary/aromatic N) is 1. The quantitative estimate of drug-likeness (QED) is 0.0195. The first-order chi connectivity index (χ1) is 42.1. The second kappa shape index (κ2) is 66.1. The Bertz CT molecular complexity index is 1920. The molecule has 0 saturated heterocycles. The normalized spacial score (nSPS) is 13.6. The third-order valence-corrected chi connectivity index (χ3v) is 14.4. The molecule has 86 heavy (non-hydrogen) atoms. The number of likely N-dealkylation sites (N-methyl/N-ethyl adjacent to an activating group) is 1. The first-order valence-corrected chi connectivity index (χ1v) is 34.5. The van der Waals surface area contributed by atoms with Crippen LogP contribution in [-0.4, -0.2) is 82.3 Å². The van der Waals surface area contributed by atoms with Crippen LogP contribution in [-0.2, 0) is 33.3 Å². The number of carboxylic acid groups (broad SMARTS) is 1. The molecule has 0 aromatic carbocycles. The Balaban J connectivity index is 4.23. The van der Waals surface area contributed by atoms with Gasteiger partial charge in [0, 0.05) is 12.8 Å². The van der Waals surface area contributed by atoms with Gasteiger partial charge in [0.1, 0.15) is 13.2 Å². The summed E-state index contributed by atoms with van der Waals surface area (Å²) in [6.07, 6.45) is 93.5. The summed E-state index contributed by atoms with van der Waals surface area (Å²) < 4.78 is 22.7. The van der Waals surface area contributed by atoms with E-state index in [0.717, 1.165) is 122 Å². The van der Waals surface area contributed by atoms with Crippen LogP contribution in [0.25, 0.3) is 0 Å². The fourth-order valence-electron chi connectivity index (χ4n) is 9.11. The molecule has 2 atom stereocenters. The van der Waals surface area contributed by atoms with Crippen LogP contribution in [0.1, 0.15) is 264 Å². The second-order valence-electron chi connectivity index (χ2n) is 23.7. The van der Waals surface area contributed by atoms with Crippen LogP contribution in [0.4, 0.5) is 0 Å². The number of allylic oxidation sites excluding steroid dienone is 24. The van der Waals surface area contributed by atoms with E-state index in [1.165, 1.54) is 109 Å². The van der Waals surface area contributed by atoms with Crippen LogP contribution in [0.5, 0.6) is 0 Å². The lowest BCUT2D eigenvalue weighted by atomic mass is 10.0. The van der Waals surface area contributed by atoms with Gasteiger partial charge in [-0.1, -0.05) is 295 Å². The summed E-state index contributed by atoms with van der Waals surface area (Å²) in [7, 11) is 5.91. The summed E-state index contributed by atoms with van der Waals surface area (Å²) in [6, 6.07) is 0. The number of hydrogen-bond donors (Lipinski definition) is 0. The van der Waals surface area contributed by atoms with E-state index in [2.05, 4.69) is 160 Å². The fraction of sp³-hybridized carbons (Fsp3) is 0.649. The highest BCUT2D eigenvalue weighted by atomic mass is 16.7. The fourth-order valence-corrected chi connectivity index (χ4v) is 9.11. The maximum absolute atomic E-state index is 12.9. The molecular weight excluding hydrogens is 1070 g/mol. The summed E-state index contributed by atoms with van der Waals surface area (Å²) in [5.74, 6) is -2.32. The first kappa shape index (κ1) is 81.2. The number of unbranched alkanes of at least 4 members (excludes halogenated alkanes) is 23. The number of carbonyl (C=O) groups is 3. The van der Waals surface area contributed by atoms with Crippen molar-refractivity contribution in [2.24, 2.45) is 0 Å². The van der Waals surface area contributed by atoms with Crippen molar-refractivity contribution in [3.8, 4) is 0 Å². The first-order valence-electron chi connectivity index (χ1n) is 34.5. The van der Waals surface area contributed by atoms with Gasteiger partial charge in [-0.2, -0.15) is 0 Å². The van der Waals surface area contributed by atoms with Crippen molar-refractivity contribution in [3.05, 3.63) is 146 Å². The number of ether oxygens (including phenoxy) is 4. The maximum Gasteiger partial charge on any atom is 0.306 e. The SMILES string of the molecule is CC/C=C\C/C=C\C/C=C\C/C=C\C/C=C\C/C=C\C/C=C\C/C=C\C/C=C\C/C=C\C/C=C\C/C=C\CCCCCCC(=O)OC(COC(=O)CCCCCCCCCCCCCCCCCCCCCC)COC(OCC[N+](C)(C)C)C(=O)[O-]. The topological polar surface area (TPSA) is 111 Å². The molecule has 0 saturated carbocycles. The zero-order chi connectivity index (χ0) is 62.6. The molecule has 0 fully saturated rings. The Kier molecular flexibility index (Phi) is 62.4. The van der Waals surface area contributed by atoms with Gasteiger partial charge in [0.05, 0.1) is 40.3 Å². The number of aliphatic carboxylic acids is 1. The predicted molar refractivity (Wildman–Crippen MR) is 366 cm³/mol. The van der Waals surface area contributed by atoms with Crippen LogP contribution >= 0.6 is 0 Å². The zero-order valence-corrected chi connectivity index (χ0v) is 55.6. The van der Waals surface area contributed by atoms with Crippen molar-refractivity contribution in [2.75, 3.05) is 47.5 Å². The van der Waals surface area contributed by atoms with Crippen LogP contribution in [0.15, 0.2) is 146 Å². The van der Waals surface area contributed by atoms with Gasteiger partial charge in [-0.3, -0.25) is 9.59 Å². The molecule has 0 bridgehead atoms. The highest BCUT2D eigenvalue weighted by Gasteiger charge is 2.22. The average Bonchev–Trinajstić information content (AvgIpc) is 3.63. The molecule has 0 aromatic rings. The van der Waals surface area contributed by atoms with E-state index in [4.69, 9.17) is 18.9 Å². The minimum atomic E-state index is -1.64. The molecule has 488 valence electrons. The van der Waals surface area contributed by atoms with E-state index in [1.54, 1.807) is 0 Å². The average molecular weight is 1190 g/mol. The van der Waals surface area contributed by atoms with Gasteiger partial charge >= 0.3 is 11.9 Å². The van der Waals surface area contributed by atoms with Crippen molar-refractivity contribution in [2.45, 2.75) is 277 Å². The summed E-state index contributed by atoms with van der Waals surface area (Å²) in [4.78, 5) is 37.4. The molecule has 9 heteroatoms. The molecule has 0 aliphatic heterocycles. The van der Waals surface area contributed by atoms with E-state index in [1.807, 2.05) is 21.1 Å². The van der Waals surface area contributed by atoms with E-state index < -0.39 is 24.3 Å². The van der Waals surface area contributed by atoms with Crippen molar-refractivity contribution in [1.82, 2.24) is 0 Å². The van der Waals surface area contributed by atoms with E-state index >= 15 is 0 Å². The molecule has 0 spiro atoms.